The number of carboxylic acid groups (broad SMARTS) is 1. The summed E-state index contributed by atoms with van der Waals surface area (Å²) in [7, 11) is 0. The molecule has 1 aromatic carbocycles. The zero-order valence-electron chi connectivity index (χ0n) is 16.3. The number of hydrogen-bond donors (Lipinski definition) is 3. The standard InChI is InChI=1S/C21H27N3O4/c1-13-8-9-14(2)18(10-13)24-19(25)11-17(23-24)21(28)22-16(12-20(26)27)15-6-4-3-5-7-15/h8-11,15-16,25H,3-7,12H2,1-2H3,(H,22,28)(H,26,27). The van der Waals surface area contributed by atoms with Gasteiger partial charge >= 0.3 is 5.97 Å². The Morgan fingerprint density at radius 2 is 1.93 bits per heavy atom. The Labute approximate surface area is 164 Å². The van der Waals surface area contributed by atoms with E-state index in [4.69, 9.17) is 0 Å². The second-order valence-corrected chi connectivity index (χ2v) is 7.67. The molecule has 1 unspecified atom stereocenters. The van der Waals surface area contributed by atoms with Crippen LogP contribution < -0.4 is 5.32 Å². The van der Waals surface area contributed by atoms with Gasteiger partial charge in [0.1, 0.15) is 0 Å². The number of carbonyl (C=O) groups is 2. The third-order valence-corrected chi connectivity index (χ3v) is 5.45. The summed E-state index contributed by atoms with van der Waals surface area (Å²) in [4.78, 5) is 24.0. The summed E-state index contributed by atoms with van der Waals surface area (Å²) < 4.78 is 1.34. The van der Waals surface area contributed by atoms with Gasteiger partial charge in [-0.15, -0.1) is 0 Å². The van der Waals surface area contributed by atoms with Gasteiger partial charge in [-0.2, -0.15) is 5.10 Å². The summed E-state index contributed by atoms with van der Waals surface area (Å²) >= 11 is 0. The van der Waals surface area contributed by atoms with E-state index in [0.29, 0.717) is 5.69 Å². The lowest BCUT2D eigenvalue weighted by Crippen LogP contribution is -2.42. The quantitative estimate of drug-likeness (QED) is 0.707. The van der Waals surface area contributed by atoms with Crippen molar-refractivity contribution < 1.29 is 19.8 Å². The van der Waals surface area contributed by atoms with Gasteiger partial charge in [0, 0.05) is 12.1 Å². The lowest BCUT2D eigenvalue weighted by Gasteiger charge is -2.29. The van der Waals surface area contributed by atoms with Crippen molar-refractivity contribution in [2.24, 2.45) is 5.92 Å². The second-order valence-electron chi connectivity index (χ2n) is 7.67. The summed E-state index contributed by atoms with van der Waals surface area (Å²) in [6.45, 7) is 3.85. The zero-order chi connectivity index (χ0) is 20.3. The number of carbonyl (C=O) groups excluding carboxylic acids is 1. The highest BCUT2D eigenvalue weighted by atomic mass is 16.4. The van der Waals surface area contributed by atoms with Gasteiger partial charge in [-0.25, -0.2) is 4.68 Å². The van der Waals surface area contributed by atoms with Gasteiger partial charge in [-0.1, -0.05) is 31.4 Å². The molecule has 0 saturated heterocycles. The van der Waals surface area contributed by atoms with Crippen LogP contribution in [0.3, 0.4) is 0 Å². The number of benzene rings is 1. The predicted molar refractivity (Wildman–Crippen MR) is 105 cm³/mol. The Balaban J connectivity index is 1.81. The summed E-state index contributed by atoms with van der Waals surface area (Å²) in [6, 6.07) is 6.67. The number of nitrogens with one attached hydrogen (secondary N) is 1. The van der Waals surface area contributed by atoms with Crippen molar-refractivity contribution in [2.75, 3.05) is 0 Å². The molecule has 28 heavy (non-hydrogen) atoms. The van der Waals surface area contributed by atoms with Crippen molar-refractivity contribution in [1.29, 1.82) is 0 Å². The number of nitrogens with zero attached hydrogens (tertiary/aromatic N) is 2. The molecule has 1 atom stereocenters. The average Bonchev–Trinajstić information content (AvgIpc) is 3.05. The number of hydrogen-bond acceptors (Lipinski definition) is 4. The van der Waals surface area contributed by atoms with E-state index in [1.807, 2.05) is 32.0 Å². The highest BCUT2D eigenvalue weighted by Crippen LogP contribution is 2.28. The van der Waals surface area contributed by atoms with Crippen LogP contribution in [0.4, 0.5) is 0 Å². The summed E-state index contributed by atoms with van der Waals surface area (Å²) in [5, 5.41) is 26.7. The van der Waals surface area contributed by atoms with Gasteiger partial charge in [0.15, 0.2) is 5.69 Å². The van der Waals surface area contributed by atoms with E-state index in [0.717, 1.165) is 43.2 Å². The predicted octanol–water partition coefficient (Wildman–Crippen LogP) is 3.35. The molecule has 1 heterocycles. The SMILES string of the molecule is Cc1ccc(C)c(-n2nc(C(=O)NC(CC(=O)O)C3CCCCC3)cc2O)c1. The fraction of sp³-hybridized carbons (Fsp3) is 0.476. The van der Waals surface area contributed by atoms with E-state index >= 15 is 0 Å². The van der Waals surface area contributed by atoms with Gasteiger partial charge in [0.05, 0.1) is 12.1 Å². The summed E-state index contributed by atoms with van der Waals surface area (Å²) in [6.07, 6.45) is 4.98. The fourth-order valence-electron chi connectivity index (χ4n) is 3.91. The minimum atomic E-state index is -0.931. The first-order chi connectivity index (χ1) is 13.3. The first-order valence-electron chi connectivity index (χ1n) is 9.74. The molecule has 0 bridgehead atoms. The summed E-state index contributed by atoms with van der Waals surface area (Å²) in [5.41, 5.74) is 2.71. The zero-order valence-corrected chi connectivity index (χ0v) is 16.3. The molecule has 0 spiro atoms. The van der Waals surface area contributed by atoms with Crippen molar-refractivity contribution in [3.63, 3.8) is 0 Å². The van der Waals surface area contributed by atoms with Gasteiger partial charge in [-0.3, -0.25) is 9.59 Å². The van der Waals surface area contributed by atoms with Crippen LogP contribution in [-0.2, 0) is 4.79 Å². The van der Waals surface area contributed by atoms with Crippen LogP contribution in [0.25, 0.3) is 5.69 Å². The fourth-order valence-corrected chi connectivity index (χ4v) is 3.91. The Morgan fingerprint density at radius 3 is 2.61 bits per heavy atom. The molecule has 1 amide bonds. The number of rotatable bonds is 6. The number of carboxylic acids is 1. The van der Waals surface area contributed by atoms with Crippen LogP contribution in [0, 0.1) is 19.8 Å². The first kappa shape index (κ1) is 19.9. The van der Waals surface area contributed by atoms with Crippen molar-refractivity contribution in [3.05, 3.63) is 41.1 Å². The minimum Gasteiger partial charge on any atom is -0.493 e. The number of amides is 1. The molecule has 1 aliphatic carbocycles. The molecule has 1 saturated carbocycles. The number of aromatic hydroxyl groups is 1. The Bertz CT molecular complexity index is 869. The maximum absolute atomic E-state index is 12.7. The Morgan fingerprint density at radius 1 is 1.21 bits per heavy atom. The third kappa shape index (κ3) is 4.52. The van der Waals surface area contributed by atoms with E-state index in [1.54, 1.807) is 0 Å². The maximum Gasteiger partial charge on any atom is 0.305 e. The monoisotopic (exact) mass is 385 g/mol. The largest absolute Gasteiger partial charge is 0.493 e. The molecule has 0 aliphatic heterocycles. The van der Waals surface area contributed by atoms with E-state index in [2.05, 4.69) is 10.4 Å². The van der Waals surface area contributed by atoms with Gasteiger partial charge in [0.2, 0.25) is 5.88 Å². The normalized spacial score (nSPS) is 15.9. The molecule has 7 heteroatoms. The molecule has 7 nitrogen and oxygen atoms in total. The first-order valence-corrected chi connectivity index (χ1v) is 9.74. The van der Waals surface area contributed by atoms with E-state index in [9.17, 15) is 19.8 Å². The lowest BCUT2D eigenvalue weighted by molar-refractivity contribution is -0.137. The number of aromatic nitrogens is 2. The number of aliphatic carboxylic acids is 1. The van der Waals surface area contributed by atoms with Crippen molar-refractivity contribution in [2.45, 2.75) is 58.4 Å². The molecular formula is C21H27N3O4. The third-order valence-electron chi connectivity index (χ3n) is 5.45. The molecule has 1 fully saturated rings. The topological polar surface area (TPSA) is 104 Å². The van der Waals surface area contributed by atoms with Crippen LogP contribution >= 0.6 is 0 Å². The van der Waals surface area contributed by atoms with Crippen LogP contribution in [0.2, 0.25) is 0 Å². The van der Waals surface area contributed by atoms with Gasteiger partial charge in [0.25, 0.3) is 5.91 Å². The highest BCUT2D eigenvalue weighted by Gasteiger charge is 2.28. The van der Waals surface area contributed by atoms with Crippen LogP contribution in [-0.4, -0.2) is 37.9 Å². The van der Waals surface area contributed by atoms with Crippen molar-refractivity contribution in [1.82, 2.24) is 15.1 Å². The van der Waals surface area contributed by atoms with Crippen LogP contribution in [0.15, 0.2) is 24.3 Å². The Hall–Kier alpha value is -2.83. The van der Waals surface area contributed by atoms with E-state index in [1.165, 1.54) is 10.7 Å². The molecule has 3 rings (SSSR count). The smallest absolute Gasteiger partial charge is 0.305 e. The van der Waals surface area contributed by atoms with E-state index in [-0.39, 0.29) is 23.9 Å². The molecule has 1 aliphatic rings. The maximum atomic E-state index is 12.7. The summed E-state index contributed by atoms with van der Waals surface area (Å²) in [5.74, 6) is -1.37. The van der Waals surface area contributed by atoms with Gasteiger partial charge < -0.3 is 15.5 Å². The van der Waals surface area contributed by atoms with E-state index < -0.39 is 17.9 Å². The molecule has 3 N–H and O–H groups in total. The highest BCUT2D eigenvalue weighted by molar-refractivity contribution is 5.93. The van der Waals surface area contributed by atoms with Crippen LogP contribution in [0.1, 0.15) is 60.1 Å². The molecule has 2 aromatic rings. The van der Waals surface area contributed by atoms with Crippen LogP contribution in [0.5, 0.6) is 5.88 Å². The lowest BCUT2D eigenvalue weighted by atomic mass is 9.82. The van der Waals surface area contributed by atoms with Crippen molar-refractivity contribution >= 4 is 11.9 Å². The molecule has 150 valence electrons. The van der Waals surface area contributed by atoms with Crippen molar-refractivity contribution in [3.8, 4) is 11.6 Å². The average molecular weight is 385 g/mol. The Kier molecular flexibility index (Phi) is 6.02. The molecule has 0 radical (unpaired) electrons. The molecule has 1 aromatic heterocycles. The minimum absolute atomic E-state index is 0.0737. The number of aryl methyl sites for hydroxylation is 2. The van der Waals surface area contributed by atoms with Gasteiger partial charge in [-0.05, 0) is 49.8 Å². The molecular weight excluding hydrogens is 358 g/mol. The second kappa shape index (κ2) is 8.46.